The van der Waals surface area contributed by atoms with Gasteiger partial charge in [-0.15, -0.1) is 0 Å². The number of esters is 1. The van der Waals surface area contributed by atoms with Gasteiger partial charge in [-0.3, -0.25) is 4.90 Å². The Kier molecular flexibility index (Phi) is 5.43. The summed E-state index contributed by atoms with van der Waals surface area (Å²) in [6.07, 6.45) is 3.49. The lowest BCUT2D eigenvalue weighted by molar-refractivity contribution is -0.139. The predicted molar refractivity (Wildman–Crippen MR) is 138 cm³/mol. The van der Waals surface area contributed by atoms with Crippen molar-refractivity contribution in [1.82, 2.24) is 30.1 Å². The van der Waals surface area contributed by atoms with Crippen molar-refractivity contribution in [1.29, 1.82) is 0 Å². The molecule has 2 aromatic heterocycles. The van der Waals surface area contributed by atoms with Crippen molar-refractivity contribution < 1.29 is 19.0 Å². The standard InChI is InChI=1S/C28H28N6O4/c1-16-22-14-33-11-10-20-19-9-8-18(38-28-30-31-32-34(28)17-6-4-3-5-7-17)12-24(19)29-26(20)25(33)13-21(22)23(15-37-16)27(35)36-2/h3-9,12,15-16,21-22,25,29H,10-11,13-14H2,1-2H3/t16-,21-,22+,25-/m0/s1. The first-order valence-electron chi connectivity index (χ1n) is 12.9. The second-order valence-corrected chi connectivity index (χ2v) is 10.2. The van der Waals surface area contributed by atoms with Crippen molar-refractivity contribution >= 4 is 16.9 Å². The van der Waals surface area contributed by atoms with Crippen molar-refractivity contribution in [2.75, 3.05) is 20.2 Å². The lowest BCUT2D eigenvalue weighted by atomic mass is 9.72. The number of tetrazole rings is 1. The minimum absolute atomic E-state index is 0.0607. The number of nitrogens with zero attached hydrogens (tertiary/aromatic N) is 5. The number of carbonyl (C=O) groups is 1. The molecule has 0 aliphatic carbocycles. The molecule has 0 spiro atoms. The van der Waals surface area contributed by atoms with E-state index in [2.05, 4.69) is 38.4 Å². The van der Waals surface area contributed by atoms with Crippen molar-refractivity contribution in [2.24, 2.45) is 11.8 Å². The number of carbonyl (C=O) groups excluding carboxylic acids is 1. The van der Waals surface area contributed by atoms with Gasteiger partial charge in [0, 0.05) is 47.6 Å². The zero-order chi connectivity index (χ0) is 25.8. The molecule has 10 nitrogen and oxygen atoms in total. The van der Waals surface area contributed by atoms with Crippen LogP contribution < -0.4 is 4.74 Å². The maximum atomic E-state index is 12.5. The molecule has 3 aliphatic heterocycles. The average molecular weight is 513 g/mol. The molecule has 5 heterocycles. The average Bonchev–Trinajstić information content (AvgIpc) is 3.57. The molecule has 38 heavy (non-hydrogen) atoms. The summed E-state index contributed by atoms with van der Waals surface area (Å²) in [5, 5.41) is 13.1. The van der Waals surface area contributed by atoms with Crippen LogP contribution in [0, 0.1) is 11.8 Å². The molecule has 1 saturated heterocycles. The van der Waals surface area contributed by atoms with Gasteiger partial charge in [-0.05, 0) is 60.0 Å². The lowest BCUT2D eigenvalue weighted by Crippen LogP contribution is -2.51. The van der Waals surface area contributed by atoms with Crippen LogP contribution in [0.4, 0.5) is 0 Å². The molecule has 10 heteroatoms. The summed E-state index contributed by atoms with van der Waals surface area (Å²) in [4.78, 5) is 18.8. The van der Waals surface area contributed by atoms with Gasteiger partial charge in [0.1, 0.15) is 5.75 Å². The van der Waals surface area contributed by atoms with E-state index < -0.39 is 0 Å². The van der Waals surface area contributed by atoms with Gasteiger partial charge in [0.25, 0.3) is 0 Å². The molecule has 0 bridgehead atoms. The fourth-order valence-electron chi connectivity index (χ4n) is 6.36. The highest BCUT2D eigenvalue weighted by molar-refractivity contribution is 5.89. The number of para-hydroxylation sites is 1. The normalized spacial score (nSPS) is 24.5. The first-order valence-corrected chi connectivity index (χ1v) is 12.9. The fraction of sp³-hybridized carbons (Fsp3) is 0.357. The molecular formula is C28H28N6O4. The molecular weight excluding hydrogens is 484 g/mol. The maximum Gasteiger partial charge on any atom is 0.345 e. The van der Waals surface area contributed by atoms with E-state index in [1.807, 2.05) is 42.5 Å². The molecule has 0 radical (unpaired) electrons. The Morgan fingerprint density at radius 3 is 2.89 bits per heavy atom. The number of methoxy groups -OCH3 is 1. The van der Waals surface area contributed by atoms with Gasteiger partial charge < -0.3 is 19.2 Å². The topological polar surface area (TPSA) is 107 Å². The smallest absolute Gasteiger partial charge is 0.345 e. The van der Waals surface area contributed by atoms with Crippen LogP contribution in [0.5, 0.6) is 11.8 Å². The van der Waals surface area contributed by atoms with Crippen molar-refractivity contribution in [3.63, 3.8) is 0 Å². The Balaban J connectivity index is 1.20. The summed E-state index contributed by atoms with van der Waals surface area (Å²) < 4.78 is 18.6. The van der Waals surface area contributed by atoms with Gasteiger partial charge in [0.05, 0.1) is 36.8 Å². The number of ether oxygens (including phenoxy) is 3. The Morgan fingerprint density at radius 1 is 1.18 bits per heavy atom. The third-order valence-electron chi connectivity index (χ3n) is 8.26. The number of hydrogen-bond donors (Lipinski definition) is 1. The monoisotopic (exact) mass is 512 g/mol. The first kappa shape index (κ1) is 23.0. The number of hydrogen-bond acceptors (Lipinski definition) is 8. The highest BCUT2D eigenvalue weighted by Gasteiger charge is 2.47. The molecule has 3 aliphatic rings. The summed E-state index contributed by atoms with van der Waals surface area (Å²) in [5.41, 5.74) is 5.04. The van der Waals surface area contributed by atoms with E-state index in [-0.39, 0.29) is 30.0 Å². The van der Waals surface area contributed by atoms with Crippen LogP contribution in [-0.4, -0.2) is 62.4 Å². The SMILES string of the molecule is COC(=O)C1=CO[C@@H](C)[C@H]2CN3CCc4c([nH]c5cc(Oc6nnnn6-c6ccccc6)ccc45)[C@@H]3C[C@H]12. The molecule has 0 unspecified atom stereocenters. The fourth-order valence-corrected chi connectivity index (χ4v) is 6.36. The first-order chi connectivity index (χ1) is 18.6. The number of aromatic nitrogens is 5. The largest absolute Gasteiger partial charge is 0.497 e. The van der Waals surface area contributed by atoms with E-state index in [1.54, 1.807) is 10.9 Å². The van der Waals surface area contributed by atoms with Gasteiger partial charge in [0.15, 0.2) is 0 Å². The van der Waals surface area contributed by atoms with E-state index in [1.165, 1.54) is 23.8 Å². The van der Waals surface area contributed by atoms with Gasteiger partial charge in [-0.1, -0.05) is 23.3 Å². The van der Waals surface area contributed by atoms with E-state index in [9.17, 15) is 4.79 Å². The van der Waals surface area contributed by atoms with Crippen LogP contribution in [0.1, 0.15) is 30.6 Å². The van der Waals surface area contributed by atoms with Crippen LogP contribution in [0.15, 0.2) is 60.4 Å². The lowest BCUT2D eigenvalue weighted by Gasteiger charge is -2.49. The zero-order valence-electron chi connectivity index (χ0n) is 21.2. The Hall–Kier alpha value is -4.18. The maximum absolute atomic E-state index is 12.5. The quantitative estimate of drug-likeness (QED) is 0.410. The molecule has 0 amide bonds. The molecule has 7 rings (SSSR count). The summed E-state index contributed by atoms with van der Waals surface area (Å²) in [6.45, 7) is 3.95. The van der Waals surface area contributed by atoms with Crippen LogP contribution in [0.3, 0.4) is 0 Å². The van der Waals surface area contributed by atoms with Crippen molar-refractivity contribution in [2.45, 2.75) is 31.9 Å². The van der Waals surface area contributed by atoms with Crippen molar-refractivity contribution in [3.8, 4) is 17.4 Å². The second kappa shape index (κ2) is 8.98. The minimum Gasteiger partial charge on any atom is -0.497 e. The van der Waals surface area contributed by atoms with E-state index in [0.717, 1.165) is 37.1 Å². The van der Waals surface area contributed by atoms with Crippen LogP contribution >= 0.6 is 0 Å². The van der Waals surface area contributed by atoms with Gasteiger partial charge >= 0.3 is 12.0 Å². The van der Waals surface area contributed by atoms with Crippen LogP contribution in [0.25, 0.3) is 16.6 Å². The number of aromatic amines is 1. The highest BCUT2D eigenvalue weighted by Crippen LogP contribution is 2.48. The van der Waals surface area contributed by atoms with Crippen LogP contribution in [-0.2, 0) is 20.7 Å². The number of fused-ring (bicyclic) bond motifs is 6. The predicted octanol–water partition coefficient (Wildman–Crippen LogP) is 3.95. The Bertz CT molecular complexity index is 1540. The third-order valence-corrected chi connectivity index (χ3v) is 8.26. The highest BCUT2D eigenvalue weighted by atomic mass is 16.5. The summed E-state index contributed by atoms with van der Waals surface area (Å²) in [5.74, 6) is 0.706. The van der Waals surface area contributed by atoms with E-state index in [4.69, 9.17) is 14.2 Å². The molecule has 194 valence electrons. The minimum atomic E-state index is -0.298. The molecule has 2 aromatic carbocycles. The van der Waals surface area contributed by atoms with Gasteiger partial charge in [0.2, 0.25) is 0 Å². The Morgan fingerprint density at radius 2 is 2.05 bits per heavy atom. The summed E-state index contributed by atoms with van der Waals surface area (Å²) >= 11 is 0. The number of H-pyrrole nitrogens is 1. The van der Waals surface area contributed by atoms with Gasteiger partial charge in [-0.25, -0.2) is 4.79 Å². The van der Waals surface area contributed by atoms with Gasteiger partial charge in [-0.2, -0.15) is 4.68 Å². The number of rotatable bonds is 4. The summed E-state index contributed by atoms with van der Waals surface area (Å²) in [6, 6.07) is 16.2. The molecule has 4 aromatic rings. The molecule has 0 saturated carbocycles. The second-order valence-electron chi connectivity index (χ2n) is 10.2. The Labute approximate surface area is 219 Å². The summed E-state index contributed by atoms with van der Waals surface area (Å²) in [7, 11) is 1.43. The third kappa shape index (κ3) is 3.66. The van der Waals surface area contributed by atoms with Crippen LogP contribution in [0.2, 0.25) is 0 Å². The number of nitrogens with one attached hydrogen (secondary N) is 1. The molecule has 1 fully saturated rings. The van der Waals surface area contributed by atoms with Crippen molar-refractivity contribution in [3.05, 3.63) is 71.6 Å². The van der Waals surface area contributed by atoms with E-state index in [0.29, 0.717) is 17.3 Å². The molecule has 4 atom stereocenters. The zero-order valence-corrected chi connectivity index (χ0v) is 21.2. The molecule has 1 N–H and O–H groups in total. The number of benzene rings is 2. The number of piperidine rings is 1. The van der Waals surface area contributed by atoms with E-state index >= 15 is 0 Å².